The Labute approximate surface area is 204 Å². The first-order valence-electron chi connectivity index (χ1n) is 10.9. The first-order valence-corrected chi connectivity index (χ1v) is 11.8. The van der Waals surface area contributed by atoms with E-state index in [-0.39, 0.29) is 28.5 Å². The van der Waals surface area contributed by atoms with Crippen molar-refractivity contribution in [1.29, 1.82) is 0 Å². The van der Waals surface area contributed by atoms with Gasteiger partial charge in [0.15, 0.2) is 22.4 Å². The molecule has 0 bridgehead atoms. The molecule has 3 aromatic heterocycles. The average Bonchev–Trinajstić information content (AvgIpc) is 3.54. The minimum absolute atomic E-state index is 0.0755. The quantitative estimate of drug-likeness (QED) is 0.245. The molecule has 1 aliphatic rings. The molecular weight excluding hydrogens is 468 g/mol. The molecule has 1 unspecified atom stereocenters. The number of imidazole rings is 1. The smallest absolute Gasteiger partial charge is 0.301 e. The maximum Gasteiger partial charge on any atom is 0.301 e. The first kappa shape index (κ1) is 22.6. The summed E-state index contributed by atoms with van der Waals surface area (Å²) in [4.78, 5) is 36.6. The normalized spacial score (nSPS) is 17.5. The number of rotatable bonds is 5. The zero-order valence-corrected chi connectivity index (χ0v) is 20.0. The number of aromatic hydroxyl groups is 1. The Kier molecular flexibility index (Phi) is 5.52. The molecule has 9 nitrogen and oxygen atoms in total. The second-order valence-electron chi connectivity index (χ2n) is 8.07. The van der Waals surface area contributed by atoms with Crippen LogP contribution in [0, 0.1) is 13.8 Å². The van der Waals surface area contributed by atoms with Crippen LogP contribution in [-0.4, -0.2) is 42.9 Å². The number of aromatic nitrogens is 3. The van der Waals surface area contributed by atoms with E-state index in [1.807, 2.05) is 29.7 Å². The number of fused-ring (bicyclic) bond motifs is 1. The number of thiazole rings is 1. The first-order chi connectivity index (χ1) is 16.8. The van der Waals surface area contributed by atoms with Crippen molar-refractivity contribution in [2.45, 2.75) is 26.8 Å². The van der Waals surface area contributed by atoms with Crippen LogP contribution in [0.15, 0.2) is 53.7 Å². The van der Waals surface area contributed by atoms with Gasteiger partial charge >= 0.3 is 5.91 Å². The van der Waals surface area contributed by atoms with Crippen molar-refractivity contribution >= 4 is 39.6 Å². The maximum atomic E-state index is 13.3. The van der Waals surface area contributed by atoms with Crippen molar-refractivity contribution in [3.8, 4) is 11.5 Å². The highest BCUT2D eigenvalue weighted by molar-refractivity contribution is 7.14. The standard InChI is InChI=1S/C25H22N4O5S/c1-4-34-17-12-15(7-8-16(17)30)20-18(22(32)24(33)29(20)25-26-9-11-35-25)21(31)19-14(3)28-10-5-6-13(2)23(28)27-19/h5-12,20,30-31H,4H2,1-3H3. The fourth-order valence-corrected chi connectivity index (χ4v) is 4.99. The molecule has 1 saturated heterocycles. The molecule has 178 valence electrons. The lowest BCUT2D eigenvalue weighted by Gasteiger charge is -2.23. The van der Waals surface area contributed by atoms with Crippen molar-refractivity contribution in [3.63, 3.8) is 0 Å². The number of anilines is 1. The highest BCUT2D eigenvalue weighted by Gasteiger charge is 2.48. The van der Waals surface area contributed by atoms with Crippen molar-refractivity contribution < 1.29 is 24.5 Å². The number of hydrogen-bond donors (Lipinski definition) is 2. The number of hydrogen-bond acceptors (Lipinski definition) is 8. The Balaban J connectivity index is 1.77. The molecule has 1 aromatic carbocycles. The molecule has 2 N–H and O–H groups in total. The van der Waals surface area contributed by atoms with Crippen molar-refractivity contribution in [1.82, 2.24) is 14.4 Å². The van der Waals surface area contributed by atoms with E-state index < -0.39 is 17.7 Å². The van der Waals surface area contributed by atoms with Crippen molar-refractivity contribution in [2.24, 2.45) is 0 Å². The number of aryl methyl sites for hydroxylation is 2. The van der Waals surface area contributed by atoms with Gasteiger partial charge in [-0.25, -0.2) is 9.97 Å². The molecule has 1 fully saturated rings. The number of amides is 1. The van der Waals surface area contributed by atoms with E-state index >= 15 is 0 Å². The van der Waals surface area contributed by atoms with E-state index in [1.54, 1.807) is 31.4 Å². The third-order valence-electron chi connectivity index (χ3n) is 5.98. The number of pyridine rings is 1. The molecule has 10 heteroatoms. The molecule has 4 heterocycles. The fraction of sp³-hybridized carbons (Fsp3) is 0.200. The van der Waals surface area contributed by atoms with Gasteiger partial charge in [-0.1, -0.05) is 12.1 Å². The summed E-state index contributed by atoms with van der Waals surface area (Å²) in [5, 5.41) is 23.7. The summed E-state index contributed by atoms with van der Waals surface area (Å²) in [6.45, 7) is 5.78. The molecule has 0 saturated carbocycles. The Bertz CT molecular complexity index is 1510. The van der Waals surface area contributed by atoms with Crippen LogP contribution in [-0.2, 0) is 9.59 Å². The summed E-state index contributed by atoms with van der Waals surface area (Å²) in [7, 11) is 0. The van der Waals surface area contributed by atoms with Gasteiger partial charge in [-0.05, 0) is 50.1 Å². The lowest BCUT2D eigenvalue weighted by Crippen LogP contribution is -2.29. The molecule has 5 rings (SSSR count). The molecule has 0 radical (unpaired) electrons. The monoisotopic (exact) mass is 490 g/mol. The third-order valence-corrected chi connectivity index (χ3v) is 6.75. The average molecular weight is 491 g/mol. The van der Waals surface area contributed by atoms with Gasteiger partial charge in [0.05, 0.1) is 23.9 Å². The summed E-state index contributed by atoms with van der Waals surface area (Å²) in [5.74, 6) is -1.90. The van der Waals surface area contributed by atoms with E-state index in [2.05, 4.69) is 9.97 Å². The Morgan fingerprint density at radius 1 is 1.23 bits per heavy atom. The van der Waals surface area contributed by atoms with Crippen LogP contribution in [0.4, 0.5) is 5.13 Å². The zero-order chi connectivity index (χ0) is 24.9. The topological polar surface area (TPSA) is 117 Å². The third kappa shape index (κ3) is 3.53. The van der Waals surface area contributed by atoms with Gasteiger partial charge in [0.2, 0.25) is 0 Å². The van der Waals surface area contributed by atoms with Gasteiger partial charge in [0.25, 0.3) is 5.78 Å². The van der Waals surface area contributed by atoms with Crippen LogP contribution >= 0.6 is 11.3 Å². The Morgan fingerprint density at radius 2 is 2.03 bits per heavy atom. The molecule has 4 aromatic rings. The lowest BCUT2D eigenvalue weighted by atomic mass is 9.96. The molecule has 1 aliphatic heterocycles. The number of nitrogens with zero attached hydrogens (tertiary/aromatic N) is 4. The summed E-state index contributed by atoms with van der Waals surface area (Å²) < 4.78 is 7.35. The number of carbonyl (C=O) groups is 2. The number of carbonyl (C=O) groups excluding carboxylic acids is 2. The Morgan fingerprint density at radius 3 is 2.71 bits per heavy atom. The highest BCUT2D eigenvalue weighted by Crippen LogP contribution is 2.44. The molecule has 0 spiro atoms. The lowest BCUT2D eigenvalue weighted by molar-refractivity contribution is -0.132. The molecule has 35 heavy (non-hydrogen) atoms. The fourth-order valence-electron chi connectivity index (χ4n) is 4.33. The number of ether oxygens (including phenoxy) is 1. The van der Waals surface area contributed by atoms with Crippen LogP contribution in [0.1, 0.15) is 35.5 Å². The van der Waals surface area contributed by atoms with E-state index in [0.29, 0.717) is 28.6 Å². The van der Waals surface area contributed by atoms with E-state index in [1.165, 1.54) is 28.5 Å². The SMILES string of the molecule is CCOc1cc(C2C(=C(O)c3nc4c(C)cccn4c3C)C(=O)C(=O)N2c2nccs2)ccc1O. The van der Waals surface area contributed by atoms with Gasteiger partial charge < -0.3 is 19.4 Å². The Hall–Kier alpha value is -4.18. The second-order valence-corrected chi connectivity index (χ2v) is 8.95. The van der Waals surface area contributed by atoms with Gasteiger partial charge in [0.1, 0.15) is 11.3 Å². The maximum absolute atomic E-state index is 13.3. The van der Waals surface area contributed by atoms with Gasteiger partial charge in [0, 0.05) is 17.8 Å². The second kappa shape index (κ2) is 8.55. The number of aliphatic hydroxyl groups is 1. The molecular formula is C25H22N4O5S. The summed E-state index contributed by atoms with van der Waals surface area (Å²) in [5.41, 5.74) is 2.74. The highest BCUT2D eigenvalue weighted by atomic mass is 32.1. The molecule has 0 aliphatic carbocycles. The predicted octanol–water partition coefficient (Wildman–Crippen LogP) is 4.14. The predicted molar refractivity (Wildman–Crippen MR) is 131 cm³/mol. The van der Waals surface area contributed by atoms with Gasteiger partial charge in [-0.15, -0.1) is 11.3 Å². The van der Waals surface area contributed by atoms with Crippen LogP contribution < -0.4 is 9.64 Å². The summed E-state index contributed by atoms with van der Waals surface area (Å²) in [6.07, 6.45) is 3.36. The van der Waals surface area contributed by atoms with Crippen LogP contribution in [0.5, 0.6) is 11.5 Å². The van der Waals surface area contributed by atoms with Gasteiger partial charge in [-0.3, -0.25) is 14.5 Å². The number of phenolic OH excluding ortho intramolecular Hbond substituents is 1. The summed E-state index contributed by atoms with van der Waals surface area (Å²) in [6, 6.07) is 7.35. The van der Waals surface area contributed by atoms with E-state index in [0.717, 1.165) is 5.56 Å². The van der Waals surface area contributed by atoms with Crippen molar-refractivity contribution in [2.75, 3.05) is 11.5 Å². The van der Waals surface area contributed by atoms with E-state index in [4.69, 9.17) is 4.74 Å². The molecule has 1 amide bonds. The number of ketones is 1. The van der Waals surface area contributed by atoms with E-state index in [9.17, 15) is 19.8 Å². The minimum atomic E-state index is -0.994. The van der Waals surface area contributed by atoms with Crippen LogP contribution in [0.3, 0.4) is 0 Å². The van der Waals surface area contributed by atoms with Gasteiger partial charge in [-0.2, -0.15) is 0 Å². The number of Topliss-reactive ketones (excluding diaryl/α,β-unsaturated/α-hetero) is 1. The summed E-state index contributed by atoms with van der Waals surface area (Å²) >= 11 is 1.20. The zero-order valence-electron chi connectivity index (χ0n) is 19.2. The number of aliphatic hydroxyl groups excluding tert-OH is 1. The number of phenols is 1. The molecule has 1 atom stereocenters. The minimum Gasteiger partial charge on any atom is -0.505 e. The van der Waals surface area contributed by atoms with Crippen molar-refractivity contribution in [3.05, 3.63) is 76.2 Å². The van der Waals surface area contributed by atoms with Crippen LogP contribution in [0.2, 0.25) is 0 Å². The number of benzene rings is 1. The van der Waals surface area contributed by atoms with Crippen LogP contribution in [0.25, 0.3) is 11.4 Å². The largest absolute Gasteiger partial charge is 0.505 e.